The Bertz CT molecular complexity index is 465. The van der Waals surface area contributed by atoms with Crippen LogP contribution >= 0.6 is 11.3 Å². The highest BCUT2D eigenvalue weighted by Gasteiger charge is 2.08. The van der Waals surface area contributed by atoms with Crippen LogP contribution in [0.3, 0.4) is 0 Å². The molecule has 0 bridgehead atoms. The molecule has 1 aromatic carbocycles. The van der Waals surface area contributed by atoms with Crippen molar-refractivity contribution in [3.8, 4) is 0 Å². The highest BCUT2D eigenvalue weighted by Crippen LogP contribution is 2.21. The van der Waals surface area contributed by atoms with E-state index in [2.05, 4.69) is 16.8 Å². The van der Waals surface area contributed by atoms with Crippen LogP contribution in [0.2, 0.25) is 0 Å². The van der Waals surface area contributed by atoms with Crippen LogP contribution in [0.4, 0.5) is 0 Å². The Hall–Kier alpha value is -1.16. The van der Waals surface area contributed by atoms with Gasteiger partial charge in [-0.15, -0.1) is 0 Å². The number of ether oxygens (including phenoxy) is 1. The van der Waals surface area contributed by atoms with Gasteiger partial charge in [-0.1, -0.05) is 24.3 Å². The predicted octanol–water partition coefficient (Wildman–Crippen LogP) is 3.56. The lowest BCUT2D eigenvalue weighted by atomic mass is 10.0. The second kappa shape index (κ2) is 6.69. The molecule has 3 heteroatoms. The number of aryl methyl sites for hydroxylation is 1. The molecule has 96 valence electrons. The first kappa shape index (κ1) is 13.3. The lowest BCUT2D eigenvalue weighted by molar-refractivity contribution is 0.166. The predicted molar refractivity (Wildman–Crippen MR) is 74.8 cm³/mol. The highest BCUT2D eigenvalue weighted by molar-refractivity contribution is 7.07. The fourth-order valence-corrected chi connectivity index (χ4v) is 2.66. The Morgan fingerprint density at radius 3 is 2.89 bits per heavy atom. The minimum atomic E-state index is -0.401. The van der Waals surface area contributed by atoms with E-state index < -0.39 is 6.10 Å². The summed E-state index contributed by atoms with van der Waals surface area (Å²) >= 11 is 1.70. The maximum absolute atomic E-state index is 10.2. The normalized spacial score (nSPS) is 12.6. The second-order valence-corrected chi connectivity index (χ2v) is 5.14. The van der Waals surface area contributed by atoms with Crippen LogP contribution in [0.1, 0.15) is 29.2 Å². The van der Waals surface area contributed by atoms with Crippen LogP contribution in [0.25, 0.3) is 0 Å². The van der Waals surface area contributed by atoms with Crippen LogP contribution in [-0.2, 0) is 17.8 Å². The van der Waals surface area contributed by atoms with Gasteiger partial charge in [-0.05, 0) is 46.4 Å². The van der Waals surface area contributed by atoms with Gasteiger partial charge >= 0.3 is 0 Å². The lowest BCUT2D eigenvalue weighted by Gasteiger charge is -2.11. The summed E-state index contributed by atoms with van der Waals surface area (Å²) in [5.74, 6) is 0. The van der Waals surface area contributed by atoms with Crippen LogP contribution in [0.15, 0.2) is 41.1 Å². The van der Waals surface area contributed by atoms with Gasteiger partial charge in [0.1, 0.15) is 0 Å². The molecule has 18 heavy (non-hydrogen) atoms. The van der Waals surface area contributed by atoms with Gasteiger partial charge in [0.25, 0.3) is 0 Å². The number of rotatable bonds is 6. The number of thiophene rings is 1. The van der Waals surface area contributed by atoms with Gasteiger partial charge in [-0.2, -0.15) is 11.3 Å². The molecule has 2 rings (SSSR count). The topological polar surface area (TPSA) is 29.5 Å². The summed E-state index contributed by atoms with van der Waals surface area (Å²) in [5, 5.41) is 14.4. The average molecular weight is 262 g/mol. The Balaban J connectivity index is 1.95. The SMILES string of the molecule is COCc1cccc(C(O)CCc2ccsc2)c1. The molecule has 0 amide bonds. The molecule has 0 saturated carbocycles. The van der Waals surface area contributed by atoms with Gasteiger partial charge in [0, 0.05) is 7.11 Å². The molecule has 0 spiro atoms. The van der Waals surface area contributed by atoms with E-state index in [4.69, 9.17) is 4.74 Å². The van der Waals surface area contributed by atoms with Crippen molar-refractivity contribution in [2.75, 3.05) is 7.11 Å². The third kappa shape index (κ3) is 3.67. The zero-order valence-corrected chi connectivity index (χ0v) is 11.3. The molecule has 1 atom stereocenters. The molecule has 0 aliphatic heterocycles. The molecular weight excluding hydrogens is 244 g/mol. The summed E-state index contributed by atoms with van der Waals surface area (Å²) in [7, 11) is 1.68. The third-order valence-corrected chi connectivity index (χ3v) is 3.67. The van der Waals surface area contributed by atoms with E-state index in [1.54, 1.807) is 18.4 Å². The molecule has 1 heterocycles. The number of methoxy groups -OCH3 is 1. The van der Waals surface area contributed by atoms with Crippen molar-refractivity contribution in [1.82, 2.24) is 0 Å². The summed E-state index contributed by atoms with van der Waals surface area (Å²) in [5.41, 5.74) is 3.37. The molecular formula is C15H18O2S. The first-order chi connectivity index (χ1) is 8.79. The van der Waals surface area contributed by atoms with Gasteiger partial charge in [0.15, 0.2) is 0 Å². The molecule has 0 aliphatic rings. The molecule has 0 fully saturated rings. The zero-order chi connectivity index (χ0) is 12.8. The summed E-state index contributed by atoms with van der Waals surface area (Å²) in [6.45, 7) is 0.588. The van der Waals surface area contributed by atoms with Crippen molar-refractivity contribution < 1.29 is 9.84 Å². The van der Waals surface area contributed by atoms with E-state index in [0.717, 1.165) is 24.0 Å². The summed E-state index contributed by atoms with van der Waals surface area (Å²) in [4.78, 5) is 0. The van der Waals surface area contributed by atoms with E-state index in [1.807, 2.05) is 24.3 Å². The second-order valence-electron chi connectivity index (χ2n) is 4.36. The van der Waals surface area contributed by atoms with E-state index in [9.17, 15) is 5.11 Å². The van der Waals surface area contributed by atoms with Crippen molar-refractivity contribution in [3.63, 3.8) is 0 Å². The van der Waals surface area contributed by atoms with Crippen molar-refractivity contribution >= 4 is 11.3 Å². The fraction of sp³-hybridized carbons (Fsp3) is 0.333. The van der Waals surface area contributed by atoms with Crippen LogP contribution < -0.4 is 0 Å². The van der Waals surface area contributed by atoms with Crippen LogP contribution in [-0.4, -0.2) is 12.2 Å². The zero-order valence-electron chi connectivity index (χ0n) is 10.5. The first-order valence-electron chi connectivity index (χ1n) is 6.06. The van der Waals surface area contributed by atoms with Crippen LogP contribution in [0.5, 0.6) is 0 Å². The van der Waals surface area contributed by atoms with Crippen molar-refractivity contribution in [2.24, 2.45) is 0 Å². The number of hydrogen-bond acceptors (Lipinski definition) is 3. The Kier molecular flexibility index (Phi) is 4.93. The van der Waals surface area contributed by atoms with Gasteiger partial charge in [0.05, 0.1) is 12.7 Å². The van der Waals surface area contributed by atoms with Crippen molar-refractivity contribution in [2.45, 2.75) is 25.6 Å². The molecule has 1 unspecified atom stereocenters. The number of aliphatic hydroxyl groups is 1. The molecule has 0 saturated heterocycles. The largest absolute Gasteiger partial charge is 0.388 e. The first-order valence-corrected chi connectivity index (χ1v) is 7.01. The third-order valence-electron chi connectivity index (χ3n) is 2.93. The average Bonchev–Trinajstić information content (AvgIpc) is 2.90. The fourth-order valence-electron chi connectivity index (χ4n) is 1.96. The molecule has 2 aromatic rings. The standard InChI is InChI=1S/C15H18O2S/c1-17-10-13-3-2-4-14(9-13)15(16)6-5-12-7-8-18-11-12/h2-4,7-9,11,15-16H,5-6,10H2,1H3. The van der Waals surface area contributed by atoms with Gasteiger partial charge in [0.2, 0.25) is 0 Å². The number of benzene rings is 1. The van der Waals surface area contributed by atoms with Gasteiger partial charge in [-0.25, -0.2) is 0 Å². The van der Waals surface area contributed by atoms with E-state index >= 15 is 0 Å². The highest BCUT2D eigenvalue weighted by atomic mass is 32.1. The molecule has 2 nitrogen and oxygen atoms in total. The monoisotopic (exact) mass is 262 g/mol. The summed E-state index contributed by atoms with van der Waals surface area (Å²) < 4.78 is 5.10. The Labute approximate surface area is 112 Å². The maximum Gasteiger partial charge on any atom is 0.0793 e. The quantitative estimate of drug-likeness (QED) is 0.862. The molecule has 0 aliphatic carbocycles. The summed E-state index contributed by atoms with van der Waals surface area (Å²) in [6.07, 6.45) is 1.27. The maximum atomic E-state index is 10.2. The number of hydrogen-bond donors (Lipinski definition) is 1. The number of aliphatic hydroxyl groups excluding tert-OH is 1. The van der Waals surface area contributed by atoms with E-state index in [-0.39, 0.29) is 0 Å². The smallest absolute Gasteiger partial charge is 0.0793 e. The van der Waals surface area contributed by atoms with E-state index in [0.29, 0.717) is 6.61 Å². The van der Waals surface area contributed by atoms with Gasteiger partial charge < -0.3 is 9.84 Å². The summed E-state index contributed by atoms with van der Waals surface area (Å²) in [6, 6.07) is 10.1. The minimum Gasteiger partial charge on any atom is -0.388 e. The molecule has 1 aromatic heterocycles. The van der Waals surface area contributed by atoms with Crippen molar-refractivity contribution in [3.05, 3.63) is 57.8 Å². The van der Waals surface area contributed by atoms with Crippen LogP contribution in [0, 0.1) is 0 Å². The Morgan fingerprint density at radius 1 is 1.28 bits per heavy atom. The molecule has 1 N–H and O–H groups in total. The Morgan fingerprint density at radius 2 is 2.17 bits per heavy atom. The lowest BCUT2D eigenvalue weighted by Crippen LogP contribution is -2.00. The van der Waals surface area contributed by atoms with E-state index in [1.165, 1.54) is 5.56 Å². The minimum absolute atomic E-state index is 0.401. The van der Waals surface area contributed by atoms with Gasteiger partial charge in [-0.3, -0.25) is 0 Å². The van der Waals surface area contributed by atoms with Crippen molar-refractivity contribution in [1.29, 1.82) is 0 Å². The molecule has 0 radical (unpaired) electrons.